The smallest absolute Gasteiger partial charge is 0.223 e. The minimum absolute atomic E-state index is 0.0807. The molecule has 0 saturated carbocycles. The number of carbonyl (C=O) groups is 1. The molecule has 1 aliphatic carbocycles. The Balaban J connectivity index is 1.52. The number of nitrogens with two attached hydrogens (primary N) is 1. The molecule has 0 saturated heterocycles. The third kappa shape index (κ3) is 4.53. The van der Waals surface area contributed by atoms with Crippen LogP contribution in [0.15, 0.2) is 48.5 Å². The number of aryl methyl sites for hydroxylation is 1. The van der Waals surface area contributed by atoms with Crippen molar-refractivity contribution in [2.45, 2.75) is 38.6 Å². The molecule has 0 fully saturated rings. The Labute approximate surface area is 149 Å². The van der Waals surface area contributed by atoms with Crippen LogP contribution in [-0.4, -0.2) is 12.5 Å². The van der Waals surface area contributed by atoms with Gasteiger partial charge in [0.1, 0.15) is 5.75 Å². The van der Waals surface area contributed by atoms with Crippen molar-refractivity contribution >= 4 is 11.6 Å². The van der Waals surface area contributed by atoms with E-state index in [0.717, 1.165) is 30.7 Å². The van der Waals surface area contributed by atoms with Crippen LogP contribution in [0.5, 0.6) is 5.75 Å². The number of rotatable bonds is 6. The van der Waals surface area contributed by atoms with Gasteiger partial charge in [0.15, 0.2) is 0 Å². The zero-order chi connectivity index (χ0) is 17.6. The fraction of sp³-hybridized carbons (Fsp3) is 0.381. The summed E-state index contributed by atoms with van der Waals surface area (Å²) in [4.78, 5) is 12.5. The second-order valence-electron chi connectivity index (χ2n) is 6.76. The molecule has 4 heteroatoms. The van der Waals surface area contributed by atoms with Crippen LogP contribution >= 0.6 is 0 Å². The highest BCUT2D eigenvalue weighted by molar-refractivity contribution is 5.78. The zero-order valence-corrected chi connectivity index (χ0v) is 14.7. The van der Waals surface area contributed by atoms with Crippen molar-refractivity contribution in [1.82, 2.24) is 5.32 Å². The van der Waals surface area contributed by atoms with Gasteiger partial charge in [-0.25, -0.2) is 0 Å². The third-order valence-electron chi connectivity index (χ3n) is 4.81. The van der Waals surface area contributed by atoms with Crippen molar-refractivity contribution in [3.8, 4) is 5.75 Å². The van der Waals surface area contributed by atoms with E-state index in [-0.39, 0.29) is 17.9 Å². The van der Waals surface area contributed by atoms with Gasteiger partial charge < -0.3 is 15.8 Å². The second kappa shape index (κ2) is 8.06. The van der Waals surface area contributed by atoms with Crippen LogP contribution in [0.25, 0.3) is 0 Å². The monoisotopic (exact) mass is 338 g/mol. The Bertz CT molecular complexity index is 715. The Hall–Kier alpha value is -2.49. The zero-order valence-electron chi connectivity index (χ0n) is 14.7. The summed E-state index contributed by atoms with van der Waals surface area (Å²) in [7, 11) is 0. The molecule has 1 amide bonds. The van der Waals surface area contributed by atoms with E-state index in [4.69, 9.17) is 10.5 Å². The Morgan fingerprint density at radius 1 is 1.28 bits per heavy atom. The van der Waals surface area contributed by atoms with Crippen LogP contribution in [0.4, 0.5) is 5.69 Å². The Morgan fingerprint density at radius 2 is 2.08 bits per heavy atom. The van der Waals surface area contributed by atoms with Gasteiger partial charge >= 0.3 is 0 Å². The lowest BCUT2D eigenvalue weighted by atomic mass is 9.87. The molecule has 4 nitrogen and oxygen atoms in total. The first-order valence-corrected chi connectivity index (χ1v) is 9.00. The summed E-state index contributed by atoms with van der Waals surface area (Å²) in [5, 5.41) is 3.21. The Kier molecular flexibility index (Phi) is 5.59. The maximum Gasteiger partial charge on any atom is 0.223 e. The first kappa shape index (κ1) is 17.3. The molecule has 2 unspecified atom stereocenters. The molecule has 2 aromatic carbocycles. The summed E-state index contributed by atoms with van der Waals surface area (Å²) in [6.45, 7) is 2.49. The number of hydrogen-bond acceptors (Lipinski definition) is 3. The van der Waals surface area contributed by atoms with Crippen molar-refractivity contribution in [2.24, 2.45) is 5.92 Å². The molecular weight excluding hydrogens is 312 g/mol. The van der Waals surface area contributed by atoms with Gasteiger partial charge in [-0.3, -0.25) is 4.79 Å². The number of hydrogen-bond donors (Lipinski definition) is 2. The number of amides is 1. The number of nitrogens with one attached hydrogen (secondary N) is 1. The van der Waals surface area contributed by atoms with E-state index in [0.29, 0.717) is 13.0 Å². The third-order valence-corrected chi connectivity index (χ3v) is 4.81. The first-order valence-electron chi connectivity index (χ1n) is 9.00. The van der Waals surface area contributed by atoms with E-state index in [9.17, 15) is 4.79 Å². The molecule has 1 aliphatic rings. The molecule has 132 valence electrons. The van der Waals surface area contributed by atoms with Crippen molar-refractivity contribution in [1.29, 1.82) is 0 Å². The van der Waals surface area contributed by atoms with Gasteiger partial charge in [0.25, 0.3) is 0 Å². The minimum atomic E-state index is -0.0807. The predicted octanol–water partition coefficient (Wildman–Crippen LogP) is 3.87. The maximum absolute atomic E-state index is 12.5. The van der Waals surface area contributed by atoms with Gasteiger partial charge in [-0.15, -0.1) is 0 Å². The fourth-order valence-electron chi connectivity index (χ4n) is 3.30. The molecule has 2 aromatic rings. The lowest BCUT2D eigenvalue weighted by Gasteiger charge is -2.28. The van der Waals surface area contributed by atoms with Gasteiger partial charge in [-0.2, -0.15) is 0 Å². The summed E-state index contributed by atoms with van der Waals surface area (Å²) < 4.78 is 5.69. The predicted molar refractivity (Wildman–Crippen MR) is 100 cm³/mol. The molecule has 0 aliphatic heterocycles. The standard InChI is InChI=1S/C21H26N2O2/c1-15(12-13-25-18-7-3-2-4-8-18)21(24)23-20-9-5-6-16-14-17(22)10-11-19(16)20/h2-4,7-8,10-11,14-15,20H,5-6,9,12-13,22H2,1H3,(H,23,24). The molecule has 3 N–H and O–H groups in total. The summed E-state index contributed by atoms with van der Waals surface area (Å²) in [5.74, 6) is 0.850. The number of anilines is 1. The molecule has 2 atom stereocenters. The van der Waals surface area contributed by atoms with Crippen LogP contribution in [0, 0.1) is 5.92 Å². The van der Waals surface area contributed by atoms with Gasteiger partial charge in [0, 0.05) is 11.6 Å². The van der Waals surface area contributed by atoms with Gasteiger partial charge in [0.2, 0.25) is 5.91 Å². The van der Waals surface area contributed by atoms with Gasteiger partial charge in [0.05, 0.1) is 12.6 Å². The number of ether oxygens (including phenoxy) is 1. The van der Waals surface area contributed by atoms with Crippen molar-refractivity contribution in [3.05, 3.63) is 59.7 Å². The number of benzene rings is 2. The van der Waals surface area contributed by atoms with E-state index in [1.807, 2.05) is 49.4 Å². The average Bonchev–Trinajstić information content (AvgIpc) is 2.62. The molecule has 0 aromatic heterocycles. The first-order chi connectivity index (χ1) is 12.1. The molecule has 0 bridgehead atoms. The normalized spacial score (nSPS) is 17.4. The van der Waals surface area contributed by atoms with Crippen molar-refractivity contribution < 1.29 is 9.53 Å². The van der Waals surface area contributed by atoms with Crippen LogP contribution < -0.4 is 15.8 Å². The van der Waals surface area contributed by atoms with Crippen LogP contribution in [0.1, 0.15) is 43.4 Å². The quantitative estimate of drug-likeness (QED) is 0.786. The summed E-state index contributed by atoms with van der Waals surface area (Å²) in [5.41, 5.74) is 9.14. The van der Waals surface area contributed by atoms with Crippen LogP contribution in [0.3, 0.4) is 0 Å². The van der Waals surface area contributed by atoms with Gasteiger partial charge in [-0.05, 0) is 61.1 Å². The molecular formula is C21H26N2O2. The maximum atomic E-state index is 12.5. The topological polar surface area (TPSA) is 64.3 Å². The highest BCUT2D eigenvalue weighted by atomic mass is 16.5. The summed E-state index contributed by atoms with van der Waals surface area (Å²) in [6.07, 6.45) is 3.79. The van der Waals surface area contributed by atoms with E-state index in [1.165, 1.54) is 11.1 Å². The van der Waals surface area contributed by atoms with Crippen molar-refractivity contribution in [2.75, 3.05) is 12.3 Å². The van der Waals surface area contributed by atoms with Gasteiger partial charge in [-0.1, -0.05) is 31.2 Å². The minimum Gasteiger partial charge on any atom is -0.494 e. The number of nitrogen functional groups attached to an aromatic ring is 1. The van der Waals surface area contributed by atoms with E-state index in [1.54, 1.807) is 0 Å². The Morgan fingerprint density at radius 3 is 2.88 bits per heavy atom. The highest BCUT2D eigenvalue weighted by Gasteiger charge is 2.23. The summed E-state index contributed by atoms with van der Waals surface area (Å²) >= 11 is 0. The van der Waals surface area contributed by atoms with Crippen molar-refractivity contribution in [3.63, 3.8) is 0 Å². The molecule has 0 radical (unpaired) electrons. The lowest BCUT2D eigenvalue weighted by molar-refractivity contribution is -0.125. The van der Waals surface area contributed by atoms with E-state index in [2.05, 4.69) is 11.4 Å². The number of para-hydroxylation sites is 1. The van der Waals surface area contributed by atoms with Crippen LogP contribution in [-0.2, 0) is 11.2 Å². The number of fused-ring (bicyclic) bond motifs is 1. The fourth-order valence-corrected chi connectivity index (χ4v) is 3.30. The SMILES string of the molecule is CC(CCOc1ccccc1)C(=O)NC1CCCc2cc(N)ccc21. The number of carbonyl (C=O) groups excluding carboxylic acids is 1. The van der Waals surface area contributed by atoms with E-state index >= 15 is 0 Å². The largest absolute Gasteiger partial charge is 0.494 e. The molecule has 0 heterocycles. The lowest BCUT2D eigenvalue weighted by Crippen LogP contribution is -2.35. The molecule has 25 heavy (non-hydrogen) atoms. The average molecular weight is 338 g/mol. The second-order valence-corrected chi connectivity index (χ2v) is 6.76. The molecule has 3 rings (SSSR count). The highest BCUT2D eigenvalue weighted by Crippen LogP contribution is 2.31. The van der Waals surface area contributed by atoms with Crippen LogP contribution in [0.2, 0.25) is 0 Å². The molecule has 0 spiro atoms. The summed E-state index contributed by atoms with van der Waals surface area (Å²) in [6, 6.07) is 15.8. The van der Waals surface area contributed by atoms with E-state index < -0.39 is 0 Å².